The van der Waals surface area contributed by atoms with Gasteiger partial charge in [0.05, 0.1) is 22.8 Å². The third-order valence-corrected chi connectivity index (χ3v) is 5.32. The highest BCUT2D eigenvalue weighted by molar-refractivity contribution is 6.14. The molecule has 0 radical (unpaired) electrons. The molecule has 3 aromatic heterocycles. The lowest BCUT2D eigenvalue weighted by molar-refractivity contribution is -0.115. The topological polar surface area (TPSA) is 168 Å². The molecule has 13 heteroatoms. The van der Waals surface area contributed by atoms with E-state index in [-0.39, 0.29) is 23.3 Å². The zero-order valence-corrected chi connectivity index (χ0v) is 16.8. The fourth-order valence-corrected chi connectivity index (χ4v) is 3.54. The number of rotatable bonds is 5. The van der Waals surface area contributed by atoms with Crippen LogP contribution in [0.15, 0.2) is 36.4 Å². The van der Waals surface area contributed by atoms with Crippen molar-refractivity contribution in [1.82, 2.24) is 39.8 Å². The molecule has 1 aliphatic heterocycles. The smallest absolute Gasteiger partial charge is 0.335 e. The van der Waals surface area contributed by atoms with Crippen LogP contribution < -0.4 is 16.0 Å². The number of carbonyl (C=O) groups excluding carboxylic acids is 2. The summed E-state index contributed by atoms with van der Waals surface area (Å²) in [6.45, 7) is 0. The van der Waals surface area contributed by atoms with Gasteiger partial charge in [0.15, 0.2) is 5.65 Å². The van der Waals surface area contributed by atoms with Gasteiger partial charge in [0.1, 0.15) is 12.0 Å². The molecular formula is C20H15N9O4. The number of imide groups is 1. The third-order valence-electron chi connectivity index (χ3n) is 5.32. The number of carbonyl (C=O) groups is 3. The molecule has 1 aromatic carbocycles. The van der Waals surface area contributed by atoms with Crippen LogP contribution in [0.2, 0.25) is 0 Å². The van der Waals surface area contributed by atoms with Crippen LogP contribution in [0.3, 0.4) is 0 Å². The zero-order chi connectivity index (χ0) is 22.7. The molecule has 13 nitrogen and oxygen atoms in total. The van der Waals surface area contributed by atoms with Crippen molar-refractivity contribution in [3.8, 4) is 5.95 Å². The minimum Gasteiger partial charge on any atom is -0.478 e. The Hall–Kier alpha value is -4.81. The van der Waals surface area contributed by atoms with Crippen molar-refractivity contribution in [1.29, 1.82) is 0 Å². The Labute approximate surface area is 184 Å². The van der Waals surface area contributed by atoms with Gasteiger partial charge in [-0.25, -0.2) is 14.6 Å². The first kappa shape index (κ1) is 18.9. The lowest BCUT2D eigenvalue weighted by Crippen LogP contribution is -2.22. The number of carboxylic acids is 1. The van der Waals surface area contributed by atoms with Crippen molar-refractivity contribution < 1.29 is 19.5 Å². The number of fused-ring (bicyclic) bond motifs is 2. The standard InChI is InChI=1S/C20H15N9O4/c30-16-13(24-20(33)26-16)6-10-7-22-29-15(10)25-18(27-19(29)23-11-2-3-11)28-8-21-12-5-9(17(31)32)1-4-14(12)28/h1,4-8,11H,2-3H2,(H,31,32)(H,23,25,27)(H2,24,26,30,33). The number of nitrogens with zero attached hydrogens (tertiary/aromatic N) is 6. The number of anilines is 1. The van der Waals surface area contributed by atoms with Gasteiger partial charge in [-0.2, -0.15) is 19.6 Å². The second-order valence-electron chi connectivity index (χ2n) is 7.69. The maximum absolute atomic E-state index is 12.0. The number of hydrogen-bond donors (Lipinski definition) is 4. The van der Waals surface area contributed by atoms with E-state index >= 15 is 0 Å². The predicted octanol–water partition coefficient (Wildman–Crippen LogP) is 0.916. The molecule has 4 N–H and O–H groups in total. The van der Waals surface area contributed by atoms with Gasteiger partial charge >= 0.3 is 12.0 Å². The molecule has 0 atom stereocenters. The molecule has 6 rings (SSSR count). The first-order valence-corrected chi connectivity index (χ1v) is 10.0. The van der Waals surface area contributed by atoms with E-state index in [0.717, 1.165) is 12.8 Å². The molecule has 164 valence electrons. The van der Waals surface area contributed by atoms with E-state index in [9.17, 15) is 19.5 Å². The highest BCUT2D eigenvalue weighted by Crippen LogP contribution is 2.26. The molecule has 1 saturated carbocycles. The summed E-state index contributed by atoms with van der Waals surface area (Å²) in [4.78, 5) is 48.2. The Kier molecular flexibility index (Phi) is 3.93. The summed E-state index contributed by atoms with van der Waals surface area (Å²) in [7, 11) is 0. The number of urea groups is 1. The quantitative estimate of drug-likeness (QED) is 0.258. The number of imidazole rings is 1. The molecule has 1 aliphatic carbocycles. The molecule has 4 heterocycles. The summed E-state index contributed by atoms with van der Waals surface area (Å²) in [5.41, 5.74) is 2.23. The number of amides is 3. The van der Waals surface area contributed by atoms with Gasteiger partial charge in [0.2, 0.25) is 11.9 Å². The summed E-state index contributed by atoms with van der Waals surface area (Å²) in [5.74, 6) is -0.831. The largest absolute Gasteiger partial charge is 0.478 e. The molecule has 0 unspecified atom stereocenters. The van der Waals surface area contributed by atoms with E-state index in [0.29, 0.717) is 28.2 Å². The summed E-state index contributed by atoms with van der Waals surface area (Å²) >= 11 is 0. The zero-order valence-electron chi connectivity index (χ0n) is 16.8. The number of carboxylic acid groups (broad SMARTS) is 1. The van der Waals surface area contributed by atoms with Gasteiger partial charge in [0.25, 0.3) is 5.91 Å². The molecule has 33 heavy (non-hydrogen) atoms. The number of aromatic carboxylic acids is 1. The van der Waals surface area contributed by atoms with Crippen molar-refractivity contribution >= 4 is 46.6 Å². The third kappa shape index (κ3) is 3.22. The minimum absolute atomic E-state index is 0.0843. The normalized spacial score (nSPS) is 17.0. The van der Waals surface area contributed by atoms with E-state index in [2.05, 4.69) is 36.0 Å². The summed E-state index contributed by atoms with van der Waals surface area (Å²) in [6, 6.07) is 4.29. The van der Waals surface area contributed by atoms with Gasteiger partial charge in [-0.15, -0.1) is 0 Å². The highest BCUT2D eigenvalue weighted by Gasteiger charge is 2.26. The Bertz CT molecular complexity index is 1530. The predicted molar refractivity (Wildman–Crippen MR) is 114 cm³/mol. The molecule has 4 aromatic rings. The molecule has 0 spiro atoms. The minimum atomic E-state index is -1.04. The van der Waals surface area contributed by atoms with Crippen molar-refractivity contribution in [2.75, 3.05) is 5.32 Å². The van der Waals surface area contributed by atoms with Gasteiger partial charge in [-0.3, -0.25) is 14.7 Å². The van der Waals surface area contributed by atoms with Crippen LogP contribution in [0.1, 0.15) is 28.8 Å². The SMILES string of the molecule is O=C1NC(=O)C(=Cc2cnn3c(NC4CC4)nc(-n4cnc5cc(C(=O)O)ccc54)nc23)N1. The second kappa shape index (κ2) is 6.85. The molecular weight excluding hydrogens is 430 g/mol. The number of hydrogen-bond acceptors (Lipinski definition) is 8. The first-order valence-electron chi connectivity index (χ1n) is 10.0. The first-order chi connectivity index (χ1) is 16.0. The summed E-state index contributed by atoms with van der Waals surface area (Å²) in [6.07, 6.45) is 6.56. The number of nitrogens with one attached hydrogen (secondary N) is 3. The van der Waals surface area contributed by atoms with Crippen molar-refractivity contribution in [3.63, 3.8) is 0 Å². The van der Waals surface area contributed by atoms with Crippen LogP contribution in [-0.4, -0.2) is 58.2 Å². The van der Waals surface area contributed by atoms with E-state index in [4.69, 9.17) is 0 Å². The Morgan fingerprint density at radius 1 is 1.21 bits per heavy atom. The van der Waals surface area contributed by atoms with Crippen molar-refractivity contribution in [3.05, 3.63) is 47.5 Å². The van der Waals surface area contributed by atoms with Gasteiger partial charge < -0.3 is 15.7 Å². The average molecular weight is 445 g/mol. The summed E-state index contributed by atoms with van der Waals surface area (Å²) in [5, 5.41) is 21.5. The van der Waals surface area contributed by atoms with Crippen LogP contribution in [0.5, 0.6) is 0 Å². The monoisotopic (exact) mass is 445 g/mol. The van der Waals surface area contributed by atoms with Crippen molar-refractivity contribution in [2.24, 2.45) is 0 Å². The van der Waals surface area contributed by atoms with E-state index < -0.39 is 17.9 Å². The van der Waals surface area contributed by atoms with Gasteiger partial charge in [-0.05, 0) is 37.1 Å². The number of benzene rings is 1. The lowest BCUT2D eigenvalue weighted by Gasteiger charge is -2.10. The highest BCUT2D eigenvalue weighted by atomic mass is 16.4. The van der Waals surface area contributed by atoms with E-state index in [1.807, 2.05) is 0 Å². The van der Waals surface area contributed by atoms with E-state index in [1.165, 1.54) is 35.2 Å². The Morgan fingerprint density at radius 3 is 2.79 bits per heavy atom. The fraction of sp³-hybridized carbons (Fsp3) is 0.150. The van der Waals surface area contributed by atoms with Crippen LogP contribution in [0.4, 0.5) is 10.7 Å². The van der Waals surface area contributed by atoms with Crippen molar-refractivity contribution in [2.45, 2.75) is 18.9 Å². The van der Waals surface area contributed by atoms with Crippen LogP contribution in [-0.2, 0) is 4.79 Å². The fourth-order valence-electron chi connectivity index (χ4n) is 3.54. The lowest BCUT2D eigenvalue weighted by atomic mass is 10.2. The van der Waals surface area contributed by atoms with Crippen LogP contribution in [0.25, 0.3) is 28.7 Å². The average Bonchev–Trinajstić information content (AvgIpc) is 3.21. The van der Waals surface area contributed by atoms with Crippen LogP contribution >= 0.6 is 0 Å². The summed E-state index contributed by atoms with van der Waals surface area (Å²) < 4.78 is 3.18. The van der Waals surface area contributed by atoms with E-state index in [1.54, 1.807) is 10.6 Å². The second-order valence-corrected chi connectivity index (χ2v) is 7.69. The van der Waals surface area contributed by atoms with Gasteiger partial charge in [0, 0.05) is 11.6 Å². The maximum atomic E-state index is 12.0. The van der Waals surface area contributed by atoms with Gasteiger partial charge in [-0.1, -0.05) is 0 Å². The molecule has 2 aliphatic rings. The molecule has 0 bridgehead atoms. The maximum Gasteiger partial charge on any atom is 0.335 e. The number of aromatic nitrogens is 6. The molecule has 1 saturated heterocycles. The molecule has 2 fully saturated rings. The molecule has 3 amide bonds. The Balaban J connectivity index is 1.51. The Morgan fingerprint density at radius 2 is 2.06 bits per heavy atom. The van der Waals surface area contributed by atoms with Crippen LogP contribution in [0, 0.1) is 0 Å².